The highest BCUT2D eigenvalue weighted by atomic mass is 19.3. The van der Waals surface area contributed by atoms with Crippen molar-refractivity contribution in [3.8, 4) is 5.75 Å². The second kappa shape index (κ2) is 6.56. The number of hydrogen-bond donors (Lipinski definition) is 2. The molecule has 0 atom stereocenters. The van der Waals surface area contributed by atoms with Crippen molar-refractivity contribution in [2.24, 2.45) is 4.99 Å². The topological polar surface area (TPSA) is 53.9 Å². The van der Waals surface area contributed by atoms with Crippen molar-refractivity contribution in [2.75, 3.05) is 0 Å². The van der Waals surface area contributed by atoms with Gasteiger partial charge in [0.2, 0.25) is 0 Å². The number of hydrogen-bond acceptors (Lipinski definition) is 3. The first-order valence-electron chi connectivity index (χ1n) is 5.69. The summed E-state index contributed by atoms with van der Waals surface area (Å²) in [4.78, 5) is 4.04. The van der Waals surface area contributed by atoms with Crippen molar-refractivity contribution < 1.29 is 27.5 Å². The Kier molecular flexibility index (Phi) is 5.32. The van der Waals surface area contributed by atoms with Crippen LogP contribution in [0.5, 0.6) is 5.75 Å². The Morgan fingerprint density at radius 2 is 1.80 bits per heavy atom. The molecule has 0 unspecified atom stereocenters. The summed E-state index contributed by atoms with van der Waals surface area (Å²) in [5.74, 6) is -0.284. The maximum Gasteiger partial charge on any atom is 0.461 e. The second-order valence-corrected chi connectivity index (χ2v) is 4.17. The number of nitrogens with one attached hydrogen (secondary N) is 1. The van der Waals surface area contributed by atoms with E-state index in [4.69, 9.17) is 5.21 Å². The predicted octanol–water partition coefficient (Wildman–Crippen LogP) is 3.06. The molecule has 0 amide bonds. The van der Waals surface area contributed by atoms with Crippen LogP contribution in [0.15, 0.2) is 29.3 Å². The molecule has 4 nitrogen and oxygen atoms in total. The van der Waals surface area contributed by atoms with E-state index in [1.54, 1.807) is 13.8 Å². The van der Waals surface area contributed by atoms with Gasteiger partial charge in [-0.1, -0.05) is 0 Å². The van der Waals surface area contributed by atoms with E-state index >= 15 is 0 Å². The fourth-order valence-electron chi connectivity index (χ4n) is 1.31. The highest BCUT2D eigenvalue weighted by Gasteiger charge is 2.43. The standard InChI is InChI=1S/C12H14F4N2O2/c1-7(2)17-10(18-19)8-3-5-9(6-4-8)20-12(15,16)11(13)14/h3-7,11,19H,1-2H3,(H,17,18). The normalized spacial score (nSPS) is 12.9. The summed E-state index contributed by atoms with van der Waals surface area (Å²) in [6, 6.07) is 4.67. The van der Waals surface area contributed by atoms with Gasteiger partial charge in [0, 0.05) is 11.6 Å². The molecule has 2 N–H and O–H groups in total. The van der Waals surface area contributed by atoms with Crippen LogP contribution in [0.3, 0.4) is 0 Å². The lowest BCUT2D eigenvalue weighted by molar-refractivity contribution is -0.253. The molecule has 0 spiro atoms. The van der Waals surface area contributed by atoms with E-state index in [1.165, 1.54) is 12.1 Å². The maximum atomic E-state index is 12.7. The van der Waals surface area contributed by atoms with E-state index in [-0.39, 0.29) is 11.9 Å². The Balaban J connectivity index is 2.89. The number of halogens is 4. The third-order valence-electron chi connectivity index (χ3n) is 2.13. The highest BCUT2D eigenvalue weighted by molar-refractivity contribution is 5.98. The van der Waals surface area contributed by atoms with Gasteiger partial charge < -0.3 is 4.74 Å². The fraction of sp³-hybridized carbons (Fsp3) is 0.417. The van der Waals surface area contributed by atoms with Crippen LogP contribution in [0.4, 0.5) is 17.6 Å². The smallest absolute Gasteiger partial charge is 0.428 e. The van der Waals surface area contributed by atoms with Crippen molar-refractivity contribution in [2.45, 2.75) is 32.4 Å². The molecule has 112 valence electrons. The minimum absolute atomic E-state index is 0.108. The molecule has 0 radical (unpaired) electrons. The first-order valence-corrected chi connectivity index (χ1v) is 5.69. The summed E-state index contributed by atoms with van der Waals surface area (Å²) < 4.78 is 53.2. The van der Waals surface area contributed by atoms with E-state index in [1.807, 2.05) is 5.48 Å². The Morgan fingerprint density at radius 1 is 1.25 bits per heavy atom. The van der Waals surface area contributed by atoms with Crippen LogP contribution in [0.25, 0.3) is 0 Å². The monoisotopic (exact) mass is 294 g/mol. The van der Waals surface area contributed by atoms with Gasteiger partial charge in [0.05, 0.1) is 0 Å². The molecule has 0 saturated carbocycles. The van der Waals surface area contributed by atoms with Crippen molar-refractivity contribution in [3.05, 3.63) is 29.8 Å². The third kappa shape index (κ3) is 4.37. The average Bonchev–Trinajstić information content (AvgIpc) is 2.36. The van der Waals surface area contributed by atoms with Crippen molar-refractivity contribution in [1.82, 2.24) is 5.48 Å². The summed E-state index contributed by atoms with van der Waals surface area (Å²) in [5.41, 5.74) is 2.27. The first-order chi connectivity index (χ1) is 9.26. The number of ether oxygens (including phenoxy) is 1. The van der Waals surface area contributed by atoms with E-state index < -0.39 is 18.3 Å². The molecule has 1 rings (SSSR count). The summed E-state index contributed by atoms with van der Waals surface area (Å²) in [5, 5.41) is 8.93. The number of hydroxylamine groups is 1. The average molecular weight is 294 g/mol. The van der Waals surface area contributed by atoms with Crippen molar-refractivity contribution in [3.63, 3.8) is 0 Å². The van der Waals surface area contributed by atoms with Gasteiger partial charge in [-0.3, -0.25) is 15.7 Å². The minimum Gasteiger partial charge on any atom is -0.428 e. The molecule has 0 heterocycles. The number of amidine groups is 1. The predicted molar refractivity (Wildman–Crippen MR) is 64.6 cm³/mol. The van der Waals surface area contributed by atoms with E-state index in [0.717, 1.165) is 12.1 Å². The molecule has 0 aliphatic rings. The van der Waals surface area contributed by atoms with Crippen LogP contribution in [0, 0.1) is 0 Å². The summed E-state index contributed by atoms with van der Waals surface area (Å²) in [7, 11) is 0. The number of benzene rings is 1. The molecule has 1 aromatic rings. The first kappa shape index (κ1) is 16.2. The van der Waals surface area contributed by atoms with Crippen molar-refractivity contribution in [1.29, 1.82) is 0 Å². The summed E-state index contributed by atoms with van der Waals surface area (Å²) in [6.45, 7) is 3.55. The Labute approximate surface area is 113 Å². The van der Waals surface area contributed by atoms with Crippen LogP contribution in [-0.2, 0) is 0 Å². The maximum absolute atomic E-state index is 12.7. The number of aliphatic imine (C=N–C) groups is 1. The third-order valence-corrected chi connectivity index (χ3v) is 2.13. The molecule has 1 aromatic carbocycles. The van der Waals surface area contributed by atoms with Gasteiger partial charge in [0.25, 0.3) is 0 Å². The lowest BCUT2D eigenvalue weighted by atomic mass is 10.2. The SMILES string of the molecule is CC(C)N=C(NO)c1ccc(OC(F)(F)C(F)F)cc1. The zero-order valence-corrected chi connectivity index (χ0v) is 10.8. The Bertz CT molecular complexity index is 461. The van der Waals surface area contributed by atoms with Crippen LogP contribution in [0.1, 0.15) is 19.4 Å². The van der Waals surface area contributed by atoms with Gasteiger partial charge in [-0.2, -0.15) is 17.6 Å². The lowest BCUT2D eigenvalue weighted by Gasteiger charge is -2.17. The van der Waals surface area contributed by atoms with Crippen LogP contribution in [0.2, 0.25) is 0 Å². The van der Waals surface area contributed by atoms with Crippen LogP contribution >= 0.6 is 0 Å². The number of rotatable bonds is 5. The molecule has 0 fully saturated rings. The Hall–Kier alpha value is -1.83. The zero-order chi connectivity index (χ0) is 15.3. The lowest BCUT2D eigenvalue weighted by Crippen LogP contribution is -2.33. The molecular weight excluding hydrogens is 280 g/mol. The van der Waals surface area contributed by atoms with E-state index in [9.17, 15) is 17.6 Å². The van der Waals surface area contributed by atoms with Crippen molar-refractivity contribution >= 4 is 5.84 Å². The summed E-state index contributed by atoms with van der Waals surface area (Å²) in [6.07, 6.45) is -8.47. The quantitative estimate of drug-likeness (QED) is 0.380. The second-order valence-electron chi connectivity index (χ2n) is 4.17. The molecule has 0 saturated heterocycles. The molecule has 0 aliphatic carbocycles. The molecule has 0 bridgehead atoms. The van der Waals surface area contributed by atoms with E-state index in [2.05, 4.69) is 9.73 Å². The van der Waals surface area contributed by atoms with Gasteiger partial charge in [-0.25, -0.2) is 0 Å². The van der Waals surface area contributed by atoms with Gasteiger partial charge >= 0.3 is 12.5 Å². The molecular formula is C12H14F4N2O2. The van der Waals surface area contributed by atoms with Gasteiger partial charge in [-0.15, -0.1) is 0 Å². The number of alkyl halides is 4. The molecule has 0 aromatic heterocycles. The van der Waals surface area contributed by atoms with Gasteiger partial charge in [0.15, 0.2) is 5.84 Å². The molecule has 0 aliphatic heterocycles. The zero-order valence-electron chi connectivity index (χ0n) is 10.8. The molecule has 8 heteroatoms. The molecule has 20 heavy (non-hydrogen) atoms. The largest absolute Gasteiger partial charge is 0.461 e. The van der Waals surface area contributed by atoms with Crippen LogP contribution in [-0.4, -0.2) is 29.6 Å². The van der Waals surface area contributed by atoms with Crippen LogP contribution < -0.4 is 10.2 Å². The fourth-order valence-corrected chi connectivity index (χ4v) is 1.31. The van der Waals surface area contributed by atoms with Gasteiger partial charge in [-0.05, 0) is 38.1 Å². The Morgan fingerprint density at radius 3 is 2.20 bits per heavy atom. The van der Waals surface area contributed by atoms with Gasteiger partial charge in [0.1, 0.15) is 5.75 Å². The highest BCUT2D eigenvalue weighted by Crippen LogP contribution is 2.27. The minimum atomic E-state index is -4.55. The number of nitrogens with zero attached hydrogens (tertiary/aromatic N) is 1. The summed E-state index contributed by atoms with van der Waals surface area (Å²) >= 11 is 0. The van der Waals surface area contributed by atoms with E-state index in [0.29, 0.717) is 5.56 Å².